The molecule has 0 bridgehead atoms. The van der Waals surface area contributed by atoms with Crippen LogP contribution in [-0.4, -0.2) is 38.1 Å². The van der Waals surface area contributed by atoms with E-state index in [9.17, 15) is 22.6 Å². The van der Waals surface area contributed by atoms with E-state index in [-0.39, 0.29) is 18.8 Å². The van der Waals surface area contributed by atoms with E-state index in [2.05, 4.69) is 38.2 Å². The Bertz CT molecular complexity index is 1240. The predicted octanol–water partition coefficient (Wildman–Crippen LogP) is 14.1. The van der Waals surface area contributed by atoms with Crippen LogP contribution in [0.4, 0.5) is 0 Å². The SMILES string of the molecule is CCCCCCCCCC/C=C/CCCCCCCOC(=O)c1cccc(S(=O)(=O)O)c1C(=O)OCCCCCCC/C=C/CCCCCCCCCC. The summed E-state index contributed by atoms with van der Waals surface area (Å²) in [4.78, 5) is 25.3. The van der Waals surface area contributed by atoms with Crippen LogP contribution in [0.3, 0.4) is 0 Å². The first-order valence-electron chi connectivity index (χ1n) is 22.1. The minimum atomic E-state index is -4.77. The Balaban J connectivity index is 2.25. The summed E-state index contributed by atoms with van der Waals surface area (Å²) in [6.07, 6.45) is 44.8. The topological polar surface area (TPSA) is 107 Å². The van der Waals surface area contributed by atoms with Gasteiger partial charge < -0.3 is 9.47 Å². The summed E-state index contributed by atoms with van der Waals surface area (Å²) in [6.45, 7) is 4.77. The number of carbonyl (C=O) groups is 2. The Hall–Kier alpha value is -2.45. The van der Waals surface area contributed by atoms with Gasteiger partial charge in [0, 0.05) is 0 Å². The number of ether oxygens (including phenoxy) is 2. The quantitative estimate of drug-likeness (QED) is 0.0310. The summed E-state index contributed by atoms with van der Waals surface area (Å²) in [6, 6.07) is 3.74. The fraction of sp³-hybridized carbons (Fsp3) is 0.739. The zero-order chi connectivity index (χ0) is 39.4. The van der Waals surface area contributed by atoms with Gasteiger partial charge in [-0.25, -0.2) is 9.59 Å². The van der Waals surface area contributed by atoms with E-state index in [1.54, 1.807) is 0 Å². The standard InChI is InChI=1S/C46H78O7S/c1-3-5-7-9-11-13-15-17-19-21-23-25-27-29-31-33-35-40-52-45(47)42-38-37-39-43(54(49,50)51)44(42)46(48)53-41-36-34-32-30-28-26-24-22-20-18-16-14-12-10-8-6-4-2/h21-24,37-39H,3-20,25-36,40-41H2,1-2H3,(H,49,50,51)/b23-21+,24-22+. The van der Waals surface area contributed by atoms with Gasteiger partial charge in [-0.3, -0.25) is 4.55 Å². The molecule has 0 saturated carbocycles. The zero-order valence-electron chi connectivity index (χ0n) is 34.5. The molecule has 1 rings (SSSR count). The van der Waals surface area contributed by atoms with E-state index < -0.39 is 32.5 Å². The average molecular weight is 775 g/mol. The smallest absolute Gasteiger partial charge is 0.340 e. The van der Waals surface area contributed by atoms with Crippen molar-refractivity contribution >= 4 is 22.1 Å². The van der Waals surface area contributed by atoms with E-state index in [1.165, 1.54) is 128 Å². The highest BCUT2D eigenvalue weighted by Crippen LogP contribution is 2.23. The summed E-state index contributed by atoms with van der Waals surface area (Å²) in [5, 5.41) is 0. The van der Waals surface area contributed by atoms with E-state index in [1.807, 2.05) is 0 Å². The van der Waals surface area contributed by atoms with Crippen molar-refractivity contribution in [3.8, 4) is 0 Å². The molecule has 0 fully saturated rings. The third-order valence-electron chi connectivity index (χ3n) is 10.0. The first-order valence-corrected chi connectivity index (χ1v) is 23.5. The van der Waals surface area contributed by atoms with Crippen LogP contribution in [0.25, 0.3) is 0 Å². The Labute approximate surface area is 331 Å². The summed E-state index contributed by atoms with van der Waals surface area (Å²) < 4.78 is 44.8. The first-order chi connectivity index (χ1) is 26.3. The molecular weight excluding hydrogens is 697 g/mol. The summed E-state index contributed by atoms with van der Waals surface area (Å²) >= 11 is 0. The number of unbranched alkanes of at least 4 members (excludes halogenated alkanes) is 26. The van der Waals surface area contributed by atoms with Crippen molar-refractivity contribution in [2.24, 2.45) is 0 Å². The number of benzene rings is 1. The van der Waals surface area contributed by atoms with Crippen molar-refractivity contribution in [3.05, 3.63) is 53.6 Å². The Morgan fingerprint density at radius 1 is 0.500 bits per heavy atom. The molecule has 0 unspecified atom stereocenters. The molecule has 0 atom stereocenters. The van der Waals surface area contributed by atoms with Gasteiger partial charge >= 0.3 is 11.9 Å². The van der Waals surface area contributed by atoms with Crippen LogP contribution in [0, 0.1) is 0 Å². The van der Waals surface area contributed by atoms with Gasteiger partial charge in [0.1, 0.15) is 4.90 Å². The molecule has 8 heteroatoms. The number of allylic oxidation sites excluding steroid dienone is 4. The van der Waals surface area contributed by atoms with Gasteiger partial charge in [0.05, 0.1) is 24.3 Å². The maximum Gasteiger partial charge on any atom is 0.340 e. The number of hydrogen-bond acceptors (Lipinski definition) is 6. The maximum absolute atomic E-state index is 13.0. The number of carbonyl (C=O) groups excluding carboxylic acids is 2. The molecule has 310 valence electrons. The molecule has 0 saturated heterocycles. The van der Waals surface area contributed by atoms with Crippen molar-refractivity contribution in [1.29, 1.82) is 0 Å². The Morgan fingerprint density at radius 2 is 0.833 bits per heavy atom. The lowest BCUT2D eigenvalue weighted by molar-refractivity contribution is 0.0446. The molecule has 0 aliphatic carbocycles. The third kappa shape index (κ3) is 27.2. The van der Waals surface area contributed by atoms with Crippen LogP contribution < -0.4 is 0 Å². The van der Waals surface area contributed by atoms with Crippen LogP contribution in [0.15, 0.2) is 47.4 Å². The van der Waals surface area contributed by atoms with Crippen LogP contribution in [0.5, 0.6) is 0 Å². The van der Waals surface area contributed by atoms with Gasteiger partial charge in [0.2, 0.25) is 0 Å². The molecule has 7 nitrogen and oxygen atoms in total. The van der Waals surface area contributed by atoms with Gasteiger partial charge in [-0.05, 0) is 76.3 Å². The molecule has 0 radical (unpaired) electrons. The molecule has 54 heavy (non-hydrogen) atoms. The number of esters is 2. The van der Waals surface area contributed by atoms with Crippen LogP contribution in [-0.2, 0) is 19.6 Å². The average Bonchev–Trinajstić information content (AvgIpc) is 3.16. The van der Waals surface area contributed by atoms with E-state index in [0.29, 0.717) is 12.8 Å². The third-order valence-corrected chi connectivity index (χ3v) is 10.9. The molecule has 0 heterocycles. The Morgan fingerprint density at radius 3 is 1.20 bits per heavy atom. The van der Waals surface area contributed by atoms with Crippen molar-refractivity contribution in [1.82, 2.24) is 0 Å². The minimum absolute atomic E-state index is 0.0979. The van der Waals surface area contributed by atoms with Crippen LogP contribution in [0.1, 0.15) is 227 Å². The largest absolute Gasteiger partial charge is 0.462 e. The van der Waals surface area contributed by atoms with Crippen molar-refractivity contribution in [3.63, 3.8) is 0 Å². The fourth-order valence-corrected chi connectivity index (χ4v) is 7.36. The minimum Gasteiger partial charge on any atom is -0.462 e. The summed E-state index contributed by atoms with van der Waals surface area (Å²) in [7, 11) is -4.77. The maximum atomic E-state index is 13.0. The molecule has 0 spiro atoms. The van der Waals surface area contributed by atoms with E-state index in [0.717, 1.165) is 70.3 Å². The van der Waals surface area contributed by atoms with Crippen LogP contribution >= 0.6 is 0 Å². The van der Waals surface area contributed by atoms with Crippen molar-refractivity contribution in [2.75, 3.05) is 13.2 Å². The second-order valence-electron chi connectivity index (χ2n) is 15.0. The van der Waals surface area contributed by atoms with Gasteiger partial charge in [-0.15, -0.1) is 0 Å². The lowest BCUT2D eigenvalue weighted by Gasteiger charge is -2.13. The Kier molecular flexibility index (Phi) is 32.1. The molecular formula is C46H78O7S. The van der Waals surface area contributed by atoms with Gasteiger partial charge in [-0.1, -0.05) is 173 Å². The van der Waals surface area contributed by atoms with Gasteiger partial charge in [0.25, 0.3) is 10.1 Å². The molecule has 1 N–H and O–H groups in total. The zero-order valence-corrected chi connectivity index (χ0v) is 35.3. The van der Waals surface area contributed by atoms with Gasteiger partial charge in [-0.2, -0.15) is 8.42 Å². The normalized spacial score (nSPS) is 11.9. The summed E-state index contributed by atoms with van der Waals surface area (Å²) in [5.74, 6) is -1.76. The van der Waals surface area contributed by atoms with Crippen molar-refractivity contribution < 1.29 is 32.0 Å². The highest BCUT2D eigenvalue weighted by Gasteiger charge is 2.28. The lowest BCUT2D eigenvalue weighted by atomic mass is 10.1. The van der Waals surface area contributed by atoms with E-state index in [4.69, 9.17) is 9.47 Å². The van der Waals surface area contributed by atoms with Crippen LogP contribution in [0.2, 0.25) is 0 Å². The number of hydrogen-bond donors (Lipinski definition) is 1. The molecule has 0 aliphatic rings. The van der Waals surface area contributed by atoms with Gasteiger partial charge in [0.15, 0.2) is 0 Å². The number of rotatable bonds is 37. The highest BCUT2D eigenvalue weighted by molar-refractivity contribution is 7.86. The molecule has 0 aromatic heterocycles. The monoisotopic (exact) mass is 775 g/mol. The molecule has 1 aromatic rings. The molecule has 0 amide bonds. The first kappa shape index (κ1) is 49.6. The highest BCUT2D eigenvalue weighted by atomic mass is 32.2. The van der Waals surface area contributed by atoms with E-state index >= 15 is 0 Å². The molecule has 1 aromatic carbocycles. The fourth-order valence-electron chi connectivity index (χ4n) is 6.66. The van der Waals surface area contributed by atoms with Crippen molar-refractivity contribution in [2.45, 2.75) is 211 Å². The molecule has 0 aliphatic heterocycles. The second kappa shape index (κ2) is 35.0. The second-order valence-corrected chi connectivity index (χ2v) is 16.4. The predicted molar refractivity (Wildman–Crippen MR) is 225 cm³/mol. The summed E-state index contributed by atoms with van der Waals surface area (Å²) in [5.41, 5.74) is -0.691. The lowest BCUT2D eigenvalue weighted by Crippen LogP contribution is -2.19.